The summed E-state index contributed by atoms with van der Waals surface area (Å²) >= 11 is 0. The van der Waals surface area contributed by atoms with E-state index < -0.39 is 0 Å². The number of likely N-dealkylation sites (tertiary alicyclic amines) is 1. The summed E-state index contributed by atoms with van der Waals surface area (Å²) in [5.41, 5.74) is 2.06. The van der Waals surface area contributed by atoms with Gasteiger partial charge in [-0.25, -0.2) is 0 Å². The number of carbonyl (C=O) groups is 1. The molecule has 0 unspecified atom stereocenters. The van der Waals surface area contributed by atoms with Gasteiger partial charge >= 0.3 is 0 Å². The van der Waals surface area contributed by atoms with Crippen molar-refractivity contribution in [1.82, 2.24) is 4.90 Å². The zero-order valence-electron chi connectivity index (χ0n) is 15.7. The van der Waals surface area contributed by atoms with Crippen molar-refractivity contribution in [3.63, 3.8) is 0 Å². The topological polar surface area (TPSA) is 44.8 Å². The number of nitrogens with zero attached hydrogens (tertiary/aromatic N) is 2. The molecule has 0 saturated carbocycles. The molecule has 3 rings (SSSR count). The van der Waals surface area contributed by atoms with E-state index >= 15 is 0 Å². The maximum atomic E-state index is 12.6. The summed E-state index contributed by atoms with van der Waals surface area (Å²) in [7, 11) is 0. The van der Waals surface area contributed by atoms with E-state index in [2.05, 4.69) is 41.1 Å². The SMILES string of the molecule is C[C@@H]1C[C@@H](C)CN([C@H](C)C(=O)Nc2ccc(N3CCOCC3)cc2)C1. The zero-order chi connectivity index (χ0) is 17.8. The van der Waals surface area contributed by atoms with E-state index in [9.17, 15) is 4.79 Å². The monoisotopic (exact) mass is 345 g/mol. The minimum atomic E-state index is -0.0934. The number of hydrogen-bond donors (Lipinski definition) is 1. The molecule has 0 aliphatic carbocycles. The maximum Gasteiger partial charge on any atom is 0.241 e. The Morgan fingerprint density at radius 2 is 1.72 bits per heavy atom. The fourth-order valence-corrected chi connectivity index (χ4v) is 4.02. The van der Waals surface area contributed by atoms with Crippen molar-refractivity contribution >= 4 is 17.3 Å². The Kier molecular flexibility index (Phi) is 5.97. The molecule has 0 spiro atoms. The van der Waals surface area contributed by atoms with Gasteiger partial charge in [-0.3, -0.25) is 9.69 Å². The van der Waals surface area contributed by atoms with Crippen LogP contribution in [-0.4, -0.2) is 56.2 Å². The van der Waals surface area contributed by atoms with Crippen molar-refractivity contribution < 1.29 is 9.53 Å². The third-order valence-corrected chi connectivity index (χ3v) is 5.34. The molecule has 138 valence electrons. The maximum absolute atomic E-state index is 12.6. The number of piperidine rings is 1. The molecule has 5 nitrogen and oxygen atoms in total. The molecule has 2 aliphatic rings. The molecule has 2 aliphatic heterocycles. The van der Waals surface area contributed by atoms with E-state index in [1.54, 1.807) is 0 Å². The number of morpholine rings is 1. The summed E-state index contributed by atoms with van der Waals surface area (Å²) < 4.78 is 5.39. The van der Waals surface area contributed by atoms with Crippen LogP contribution in [0.2, 0.25) is 0 Å². The molecule has 1 amide bonds. The molecule has 1 aromatic rings. The van der Waals surface area contributed by atoms with Crippen LogP contribution >= 0.6 is 0 Å². The Morgan fingerprint density at radius 1 is 1.12 bits per heavy atom. The van der Waals surface area contributed by atoms with Crippen LogP contribution in [-0.2, 0) is 9.53 Å². The second kappa shape index (κ2) is 8.19. The Bertz CT molecular complexity index is 559. The van der Waals surface area contributed by atoms with Gasteiger partial charge in [0.15, 0.2) is 0 Å². The standard InChI is InChI=1S/C20H31N3O2/c1-15-12-16(2)14-23(13-15)17(3)20(24)21-18-4-6-19(7-5-18)22-8-10-25-11-9-22/h4-7,15-17H,8-14H2,1-3H3,(H,21,24)/t15-,16-,17-/m1/s1. The summed E-state index contributed by atoms with van der Waals surface area (Å²) in [4.78, 5) is 17.3. The zero-order valence-corrected chi connectivity index (χ0v) is 15.7. The molecule has 2 saturated heterocycles. The summed E-state index contributed by atoms with van der Waals surface area (Å²) in [6.07, 6.45) is 1.26. The molecule has 1 aromatic carbocycles. The Labute approximate surface area is 151 Å². The first kappa shape index (κ1) is 18.2. The van der Waals surface area contributed by atoms with Crippen molar-refractivity contribution in [1.29, 1.82) is 0 Å². The first-order chi connectivity index (χ1) is 12.0. The van der Waals surface area contributed by atoms with Gasteiger partial charge in [-0.15, -0.1) is 0 Å². The van der Waals surface area contributed by atoms with Gasteiger partial charge in [0.2, 0.25) is 5.91 Å². The second-order valence-corrected chi connectivity index (χ2v) is 7.71. The molecular formula is C20H31N3O2. The largest absolute Gasteiger partial charge is 0.378 e. The Hall–Kier alpha value is -1.59. The lowest BCUT2D eigenvalue weighted by atomic mass is 9.91. The highest BCUT2D eigenvalue weighted by Crippen LogP contribution is 2.23. The van der Waals surface area contributed by atoms with Crippen molar-refractivity contribution in [2.45, 2.75) is 33.2 Å². The van der Waals surface area contributed by atoms with Gasteiger partial charge in [0.1, 0.15) is 0 Å². The molecule has 0 bridgehead atoms. The summed E-state index contributed by atoms with van der Waals surface area (Å²) in [6.45, 7) is 12.0. The van der Waals surface area contributed by atoms with Gasteiger partial charge in [0.05, 0.1) is 19.3 Å². The smallest absolute Gasteiger partial charge is 0.241 e. The number of hydrogen-bond acceptors (Lipinski definition) is 4. The molecule has 5 heteroatoms. The van der Waals surface area contributed by atoms with E-state index in [0.29, 0.717) is 11.8 Å². The molecular weight excluding hydrogens is 314 g/mol. The van der Waals surface area contributed by atoms with Crippen molar-refractivity contribution in [3.05, 3.63) is 24.3 Å². The van der Waals surface area contributed by atoms with Gasteiger partial charge in [-0.05, 0) is 49.4 Å². The van der Waals surface area contributed by atoms with Crippen molar-refractivity contribution in [2.24, 2.45) is 11.8 Å². The highest BCUT2D eigenvalue weighted by Gasteiger charge is 2.28. The van der Waals surface area contributed by atoms with E-state index in [1.807, 2.05) is 19.1 Å². The minimum absolute atomic E-state index is 0.0837. The van der Waals surface area contributed by atoms with E-state index in [0.717, 1.165) is 45.1 Å². The van der Waals surface area contributed by atoms with Gasteiger partial charge in [0, 0.05) is 37.6 Å². The molecule has 0 aromatic heterocycles. The molecule has 2 heterocycles. The fourth-order valence-electron chi connectivity index (χ4n) is 4.02. The van der Waals surface area contributed by atoms with Crippen LogP contribution in [0.4, 0.5) is 11.4 Å². The van der Waals surface area contributed by atoms with Crippen molar-refractivity contribution in [3.8, 4) is 0 Å². The first-order valence-corrected chi connectivity index (χ1v) is 9.50. The van der Waals surface area contributed by atoms with Gasteiger partial charge in [0.25, 0.3) is 0 Å². The number of ether oxygens (including phenoxy) is 1. The van der Waals surface area contributed by atoms with E-state index in [1.165, 1.54) is 12.1 Å². The Morgan fingerprint density at radius 3 is 2.32 bits per heavy atom. The molecule has 25 heavy (non-hydrogen) atoms. The highest BCUT2D eigenvalue weighted by atomic mass is 16.5. The summed E-state index contributed by atoms with van der Waals surface area (Å²) in [5.74, 6) is 1.40. The predicted molar refractivity (Wildman–Crippen MR) is 102 cm³/mol. The number of nitrogens with one attached hydrogen (secondary N) is 1. The third kappa shape index (κ3) is 4.73. The predicted octanol–water partition coefficient (Wildman–Crippen LogP) is 2.83. The average Bonchev–Trinajstić information content (AvgIpc) is 2.61. The molecule has 2 fully saturated rings. The molecule has 3 atom stereocenters. The van der Waals surface area contributed by atoms with E-state index in [-0.39, 0.29) is 11.9 Å². The normalized spacial score (nSPS) is 26.3. The minimum Gasteiger partial charge on any atom is -0.378 e. The average molecular weight is 345 g/mol. The lowest BCUT2D eigenvalue weighted by molar-refractivity contribution is -0.121. The molecule has 0 radical (unpaired) electrons. The van der Waals surface area contributed by atoms with Crippen LogP contribution in [0, 0.1) is 11.8 Å². The summed E-state index contributed by atoms with van der Waals surface area (Å²) in [5, 5.41) is 3.07. The first-order valence-electron chi connectivity index (χ1n) is 9.50. The van der Waals surface area contributed by atoms with Crippen LogP contribution in [0.3, 0.4) is 0 Å². The number of carbonyl (C=O) groups excluding carboxylic acids is 1. The van der Waals surface area contributed by atoms with Crippen LogP contribution in [0.25, 0.3) is 0 Å². The van der Waals surface area contributed by atoms with Crippen LogP contribution in [0.1, 0.15) is 27.2 Å². The quantitative estimate of drug-likeness (QED) is 0.911. The van der Waals surface area contributed by atoms with Crippen molar-refractivity contribution in [2.75, 3.05) is 49.6 Å². The van der Waals surface area contributed by atoms with Gasteiger partial charge < -0.3 is 15.0 Å². The van der Waals surface area contributed by atoms with Crippen LogP contribution in [0.5, 0.6) is 0 Å². The van der Waals surface area contributed by atoms with Crippen LogP contribution < -0.4 is 10.2 Å². The number of anilines is 2. The van der Waals surface area contributed by atoms with Gasteiger partial charge in [-0.1, -0.05) is 13.8 Å². The molecule has 1 N–H and O–H groups in total. The van der Waals surface area contributed by atoms with Gasteiger partial charge in [-0.2, -0.15) is 0 Å². The Balaban J connectivity index is 1.56. The number of benzene rings is 1. The fraction of sp³-hybridized carbons (Fsp3) is 0.650. The second-order valence-electron chi connectivity index (χ2n) is 7.71. The highest BCUT2D eigenvalue weighted by molar-refractivity contribution is 5.94. The third-order valence-electron chi connectivity index (χ3n) is 5.34. The van der Waals surface area contributed by atoms with Crippen LogP contribution in [0.15, 0.2) is 24.3 Å². The lowest BCUT2D eigenvalue weighted by Gasteiger charge is -2.38. The number of amides is 1. The summed E-state index contributed by atoms with van der Waals surface area (Å²) in [6, 6.07) is 8.06. The lowest BCUT2D eigenvalue weighted by Crippen LogP contribution is -2.48. The van der Waals surface area contributed by atoms with E-state index in [4.69, 9.17) is 4.74 Å². The number of rotatable bonds is 4.